The molecular formula is C32H34N2O5. The van der Waals surface area contributed by atoms with Gasteiger partial charge in [-0.3, -0.25) is 14.6 Å². The molecule has 0 aliphatic carbocycles. The number of benzene rings is 2. The first-order valence-corrected chi connectivity index (χ1v) is 13.6. The summed E-state index contributed by atoms with van der Waals surface area (Å²) in [6.45, 7) is 9.24. The van der Waals surface area contributed by atoms with E-state index < -0.39 is 6.04 Å². The zero-order valence-electron chi connectivity index (χ0n) is 23.0. The quantitative estimate of drug-likeness (QED) is 0.219. The summed E-state index contributed by atoms with van der Waals surface area (Å²) in [7, 11) is 0. The number of aromatic nitrogens is 1. The number of nitrogens with zero attached hydrogens (tertiary/aromatic N) is 2. The van der Waals surface area contributed by atoms with Gasteiger partial charge in [0.2, 0.25) is 5.76 Å². The second-order valence-corrected chi connectivity index (χ2v) is 10.0. The second kappa shape index (κ2) is 11.3. The number of aryl methyl sites for hydroxylation is 2. The maximum absolute atomic E-state index is 14.1. The van der Waals surface area contributed by atoms with Gasteiger partial charge in [-0.25, -0.2) is 0 Å². The van der Waals surface area contributed by atoms with Crippen LogP contribution in [0.1, 0.15) is 77.5 Å². The van der Waals surface area contributed by atoms with E-state index in [0.717, 1.165) is 41.5 Å². The van der Waals surface area contributed by atoms with Gasteiger partial charge in [0.25, 0.3) is 5.91 Å². The summed E-state index contributed by atoms with van der Waals surface area (Å²) in [5.41, 5.74) is 3.99. The number of rotatable bonds is 10. The molecule has 0 fully saturated rings. The van der Waals surface area contributed by atoms with Crippen LogP contribution >= 0.6 is 0 Å². The number of ether oxygens (including phenoxy) is 2. The van der Waals surface area contributed by atoms with E-state index >= 15 is 0 Å². The van der Waals surface area contributed by atoms with Crippen molar-refractivity contribution in [2.24, 2.45) is 0 Å². The Labute approximate surface area is 228 Å². The number of fused-ring (bicyclic) bond motifs is 2. The number of carbonyl (C=O) groups is 1. The van der Waals surface area contributed by atoms with Crippen molar-refractivity contribution in [3.05, 3.63) is 98.7 Å². The van der Waals surface area contributed by atoms with Crippen LogP contribution < -0.4 is 14.9 Å². The summed E-state index contributed by atoms with van der Waals surface area (Å²) in [5, 5.41) is 0.501. The molecule has 1 aliphatic heterocycles. The molecule has 7 heteroatoms. The van der Waals surface area contributed by atoms with Crippen molar-refractivity contribution in [2.45, 2.75) is 59.5 Å². The highest BCUT2D eigenvalue weighted by atomic mass is 16.5. The fraction of sp³-hybridized carbons (Fsp3) is 0.344. The first kappa shape index (κ1) is 26.5. The predicted octanol–water partition coefficient (Wildman–Crippen LogP) is 6.52. The van der Waals surface area contributed by atoms with Crippen LogP contribution in [0.3, 0.4) is 0 Å². The van der Waals surface area contributed by atoms with Crippen molar-refractivity contribution < 1.29 is 18.7 Å². The smallest absolute Gasteiger partial charge is 0.291 e. The Balaban J connectivity index is 1.65. The van der Waals surface area contributed by atoms with Gasteiger partial charge in [-0.1, -0.05) is 38.0 Å². The number of pyridine rings is 1. The Kier molecular flexibility index (Phi) is 7.68. The van der Waals surface area contributed by atoms with Crippen molar-refractivity contribution in [2.75, 3.05) is 13.2 Å². The van der Waals surface area contributed by atoms with Gasteiger partial charge >= 0.3 is 0 Å². The summed E-state index contributed by atoms with van der Waals surface area (Å²) in [5.74, 6) is 1.00. The Bertz CT molecular complexity index is 1560. The van der Waals surface area contributed by atoms with Gasteiger partial charge in [0.1, 0.15) is 5.58 Å². The highest BCUT2D eigenvalue weighted by Crippen LogP contribution is 2.42. The molecule has 0 saturated carbocycles. The van der Waals surface area contributed by atoms with Gasteiger partial charge in [-0.2, -0.15) is 0 Å². The zero-order chi connectivity index (χ0) is 27.5. The monoisotopic (exact) mass is 526 g/mol. The first-order chi connectivity index (χ1) is 18.9. The summed E-state index contributed by atoms with van der Waals surface area (Å²) in [6, 6.07) is 12.5. The number of unbranched alkanes of at least 4 members (excludes halogenated alkanes) is 2. The van der Waals surface area contributed by atoms with Crippen molar-refractivity contribution in [3.63, 3.8) is 0 Å². The second-order valence-electron chi connectivity index (χ2n) is 10.0. The first-order valence-electron chi connectivity index (χ1n) is 13.6. The summed E-state index contributed by atoms with van der Waals surface area (Å²) < 4.78 is 18.2. The summed E-state index contributed by atoms with van der Waals surface area (Å²) in [6.07, 6.45) is 6.58. The average molecular weight is 527 g/mol. The van der Waals surface area contributed by atoms with E-state index in [-0.39, 0.29) is 23.6 Å². The van der Waals surface area contributed by atoms with Crippen molar-refractivity contribution >= 4 is 16.9 Å². The molecule has 0 N–H and O–H groups in total. The van der Waals surface area contributed by atoms with Crippen LogP contribution in [-0.2, 0) is 6.54 Å². The molecule has 0 radical (unpaired) electrons. The van der Waals surface area contributed by atoms with Crippen LogP contribution in [0.4, 0.5) is 0 Å². The fourth-order valence-corrected chi connectivity index (χ4v) is 5.33. The van der Waals surface area contributed by atoms with E-state index in [9.17, 15) is 9.59 Å². The maximum atomic E-state index is 14.1. The Morgan fingerprint density at radius 2 is 1.85 bits per heavy atom. The highest BCUT2D eigenvalue weighted by molar-refractivity contribution is 5.99. The molecule has 202 valence electrons. The normalized spacial score (nSPS) is 14.6. The molecule has 1 amide bonds. The summed E-state index contributed by atoms with van der Waals surface area (Å²) >= 11 is 0. The van der Waals surface area contributed by atoms with Crippen LogP contribution in [0.15, 0.2) is 64.1 Å². The van der Waals surface area contributed by atoms with Gasteiger partial charge in [-0.05, 0) is 73.7 Å². The van der Waals surface area contributed by atoms with Crippen LogP contribution in [0.5, 0.6) is 11.5 Å². The SMILES string of the molecule is CCCCCOc1ccc(C2c3c(oc4cc(C)cc(C)c4c3=O)C(=O)N2Cc2cccnc2)cc1OCC. The molecule has 0 saturated heterocycles. The molecule has 2 aromatic heterocycles. The molecule has 1 unspecified atom stereocenters. The minimum absolute atomic E-state index is 0.0873. The van der Waals surface area contributed by atoms with Gasteiger partial charge in [0.05, 0.1) is 30.2 Å². The lowest BCUT2D eigenvalue weighted by Gasteiger charge is -2.26. The Hall–Kier alpha value is -4.13. The lowest BCUT2D eigenvalue weighted by Crippen LogP contribution is -2.29. The van der Waals surface area contributed by atoms with E-state index in [1.165, 1.54) is 0 Å². The van der Waals surface area contributed by atoms with E-state index in [1.54, 1.807) is 17.3 Å². The lowest BCUT2D eigenvalue weighted by atomic mass is 9.96. The lowest BCUT2D eigenvalue weighted by molar-refractivity contribution is 0.0714. The third kappa shape index (κ3) is 5.13. The van der Waals surface area contributed by atoms with Crippen molar-refractivity contribution in [3.8, 4) is 11.5 Å². The molecule has 7 nitrogen and oxygen atoms in total. The largest absolute Gasteiger partial charge is 0.490 e. The average Bonchev–Trinajstić information content (AvgIpc) is 3.19. The maximum Gasteiger partial charge on any atom is 0.291 e. The van der Waals surface area contributed by atoms with Crippen molar-refractivity contribution in [1.29, 1.82) is 0 Å². The highest BCUT2D eigenvalue weighted by Gasteiger charge is 2.43. The molecule has 5 rings (SSSR count). The predicted molar refractivity (Wildman–Crippen MR) is 151 cm³/mol. The Morgan fingerprint density at radius 3 is 2.59 bits per heavy atom. The third-order valence-corrected chi connectivity index (χ3v) is 7.08. The molecule has 39 heavy (non-hydrogen) atoms. The van der Waals surface area contributed by atoms with Crippen LogP contribution in [0.25, 0.3) is 11.0 Å². The van der Waals surface area contributed by atoms with Gasteiger partial charge in [0.15, 0.2) is 16.9 Å². The van der Waals surface area contributed by atoms with Crippen molar-refractivity contribution in [1.82, 2.24) is 9.88 Å². The van der Waals surface area contributed by atoms with Crippen LogP contribution in [0.2, 0.25) is 0 Å². The number of hydrogen-bond acceptors (Lipinski definition) is 6. The van der Waals surface area contributed by atoms with E-state index in [4.69, 9.17) is 13.9 Å². The molecule has 1 aliphatic rings. The zero-order valence-corrected chi connectivity index (χ0v) is 23.0. The van der Waals surface area contributed by atoms with E-state index in [1.807, 2.05) is 63.2 Å². The molecule has 3 heterocycles. The standard InChI is InChI=1S/C32H34N2O5/c1-5-7-8-14-38-24-12-11-23(17-25(24)37-6-2)29-28-30(35)27-21(4)15-20(3)16-26(27)39-31(28)32(36)34(29)19-22-10-9-13-33-18-22/h9-13,15-18,29H,5-8,14,19H2,1-4H3. The molecule has 0 spiro atoms. The topological polar surface area (TPSA) is 81.9 Å². The van der Waals surface area contributed by atoms with Gasteiger partial charge < -0.3 is 18.8 Å². The molecule has 4 aromatic rings. The van der Waals surface area contributed by atoms with Gasteiger partial charge in [0, 0.05) is 18.9 Å². The van der Waals surface area contributed by atoms with E-state index in [2.05, 4.69) is 11.9 Å². The molecule has 0 bridgehead atoms. The number of carbonyl (C=O) groups excluding carboxylic acids is 1. The number of amides is 1. The van der Waals surface area contributed by atoms with Crippen LogP contribution in [-0.4, -0.2) is 29.0 Å². The minimum atomic E-state index is -0.651. The van der Waals surface area contributed by atoms with Gasteiger partial charge in [-0.15, -0.1) is 0 Å². The molecular weight excluding hydrogens is 492 g/mol. The Morgan fingerprint density at radius 1 is 1.00 bits per heavy atom. The molecule has 2 aromatic carbocycles. The van der Waals surface area contributed by atoms with E-state index in [0.29, 0.717) is 41.2 Å². The molecule has 1 atom stereocenters. The van der Waals surface area contributed by atoms with Crippen LogP contribution in [0, 0.1) is 13.8 Å². The number of hydrogen-bond donors (Lipinski definition) is 0. The third-order valence-electron chi connectivity index (χ3n) is 7.08. The minimum Gasteiger partial charge on any atom is -0.490 e. The summed E-state index contributed by atoms with van der Waals surface area (Å²) in [4.78, 5) is 33.8. The fourth-order valence-electron chi connectivity index (χ4n) is 5.33.